The molecule has 1 rings (SSSR count). The third kappa shape index (κ3) is 2.34. The first kappa shape index (κ1) is 8.71. The lowest BCUT2D eigenvalue weighted by Crippen LogP contribution is -1.95. The maximum atomic E-state index is 4.92. The zero-order valence-corrected chi connectivity index (χ0v) is 7.32. The Bertz CT molecular complexity index is 256. The quantitative estimate of drug-likeness (QED) is 0.504. The predicted octanol–water partition coefficient (Wildman–Crippen LogP) is 1.84. The summed E-state index contributed by atoms with van der Waals surface area (Å²) in [7, 11) is 0. The smallest absolute Gasteiger partial charge is 0.114 e. The summed E-state index contributed by atoms with van der Waals surface area (Å²) >= 11 is 0. The minimum Gasteiger partial charge on any atom is -0.396 e. The fraction of sp³-hybridized carbons (Fsp3) is 0.333. The van der Waals surface area contributed by atoms with Crippen molar-refractivity contribution in [2.45, 2.75) is 13.8 Å². The van der Waals surface area contributed by atoms with Crippen LogP contribution in [0.2, 0.25) is 0 Å². The van der Waals surface area contributed by atoms with Crippen molar-refractivity contribution >= 4 is 5.71 Å². The fourth-order valence-electron chi connectivity index (χ4n) is 0.807. The molecule has 1 aromatic rings. The van der Waals surface area contributed by atoms with Crippen LogP contribution in [0.4, 0.5) is 0 Å². The second-order valence-corrected chi connectivity index (χ2v) is 2.33. The van der Waals surface area contributed by atoms with E-state index in [1.165, 1.54) is 0 Å². The van der Waals surface area contributed by atoms with Gasteiger partial charge in [0.25, 0.3) is 0 Å². The number of aromatic nitrogens is 1. The molecule has 0 saturated carbocycles. The minimum atomic E-state index is 0.600. The summed E-state index contributed by atoms with van der Waals surface area (Å²) in [5.74, 6) is 0. The van der Waals surface area contributed by atoms with Crippen LogP contribution in [0.25, 0.3) is 0 Å². The van der Waals surface area contributed by atoms with Crippen LogP contribution in [0, 0.1) is 0 Å². The van der Waals surface area contributed by atoms with E-state index in [9.17, 15) is 0 Å². The monoisotopic (exact) mass is 164 g/mol. The lowest BCUT2D eigenvalue weighted by molar-refractivity contribution is 0.159. The highest BCUT2D eigenvalue weighted by atomic mass is 16.6. The molecule has 3 heteroatoms. The van der Waals surface area contributed by atoms with Crippen molar-refractivity contribution < 1.29 is 4.84 Å². The molecular formula is C9H12N2O. The van der Waals surface area contributed by atoms with Gasteiger partial charge in [0.05, 0.1) is 5.71 Å². The summed E-state index contributed by atoms with van der Waals surface area (Å²) < 4.78 is 0. The largest absolute Gasteiger partial charge is 0.396 e. The van der Waals surface area contributed by atoms with E-state index >= 15 is 0 Å². The summed E-state index contributed by atoms with van der Waals surface area (Å²) in [5, 5.41) is 3.90. The Hall–Kier alpha value is -1.38. The second-order valence-electron chi connectivity index (χ2n) is 2.33. The van der Waals surface area contributed by atoms with Crippen LogP contribution in [-0.4, -0.2) is 17.3 Å². The summed E-state index contributed by atoms with van der Waals surface area (Å²) in [6.07, 6.45) is 3.47. The van der Waals surface area contributed by atoms with Gasteiger partial charge in [-0.3, -0.25) is 4.98 Å². The van der Waals surface area contributed by atoms with E-state index in [2.05, 4.69) is 10.1 Å². The van der Waals surface area contributed by atoms with Crippen molar-refractivity contribution in [2.24, 2.45) is 5.16 Å². The van der Waals surface area contributed by atoms with Crippen LogP contribution in [0.1, 0.15) is 19.4 Å². The second kappa shape index (κ2) is 4.49. The number of oxime groups is 1. The predicted molar refractivity (Wildman–Crippen MR) is 48.1 cm³/mol. The molecule has 0 unspecified atom stereocenters. The molecule has 12 heavy (non-hydrogen) atoms. The molecule has 1 heterocycles. The number of rotatable bonds is 3. The summed E-state index contributed by atoms with van der Waals surface area (Å²) in [4.78, 5) is 8.83. The Kier molecular flexibility index (Phi) is 3.26. The topological polar surface area (TPSA) is 34.5 Å². The van der Waals surface area contributed by atoms with Crippen LogP contribution in [-0.2, 0) is 4.84 Å². The van der Waals surface area contributed by atoms with Gasteiger partial charge in [-0.05, 0) is 26.0 Å². The van der Waals surface area contributed by atoms with E-state index in [1.807, 2.05) is 26.0 Å². The average Bonchev–Trinajstić information content (AvgIpc) is 2.15. The Labute approximate surface area is 72.1 Å². The molecule has 3 nitrogen and oxygen atoms in total. The van der Waals surface area contributed by atoms with Gasteiger partial charge in [-0.1, -0.05) is 5.16 Å². The average molecular weight is 164 g/mol. The van der Waals surface area contributed by atoms with Gasteiger partial charge < -0.3 is 4.84 Å². The van der Waals surface area contributed by atoms with Gasteiger partial charge in [0.1, 0.15) is 6.61 Å². The van der Waals surface area contributed by atoms with Gasteiger partial charge in [0.2, 0.25) is 0 Å². The van der Waals surface area contributed by atoms with Crippen LogP contribution in [0.5, 0.6) is 0 Å². The van der Waals surface area contributed by atoms with Crippen molar-refractivity contribution in [3.05, 3.63) is 30.1 Å². The summed E-state index contributed by atoms with van der Waals surface area (Å²) in [6, 6.07) is 3.80. The molecule has 64 valence electrons. The van der Waals surface area contributed by atoms with Crippen molar-refractivity contribution in [2.75, 3.05) is 6.61 Å². The van der Waals surface area contributed by atoms with Crippen molar-refractivity contribution in [1.29, 1.82) is 0 Å². The Morgan fingerprint density at radius 2 is 2.17 bits per heavy atom. The third-order valence-electron chi connectivity index (χ3n) is 1.43. The number of nitrogens with zero attached hydrogens (tertiary/aromatic N) is 2. The van der Waals surface area contributed by atoms with Gasteiger partial charge in [0, 0.05) is 18.0 Å². The number of pyridine rings is 1. The maximum Gasteiger partial charge on any atom is 0.114 e. The normalized spacial score (nSPS) is 11.3. The molecule has 0 aromatic carbocycles. The van der Waals surface area contributed by atoms with Crippen molar-refractivity contribution in [3.63, 3.8) is 0 Å². The fourth-order valence-corrected chi connectivity index (χ4v) is 0.807. The molecule has 0 aliphatic rings. The molecule has 1 aromatic heterocycles. The third-order valence-corrected chi connectivity index (χ3v) is 1.43. The summed E-state index contributed by atoms with van der Waals surface area (Å²) in [5.41, 5.74) is 1.91. The van der Waals surface area contributed by atoms with Gasteiger partial charge in [-0.2, -0.15) is 0 Å². The molecule has 0 N–H and O–H groups in total. The lowest BCUT2D eigenvalue weighted by atomic mass is 10.2. The molecule has 0 radical (unpaired) electrons. The van der Waals surface area contributed by atoms with Crippen molar-refractivity contribution in [3.8, 4) is 0 Å². The zero-order chi connectivity index (χ0) is 8.81. The highest BCUT2D eigenvalue weighted by Crippen LogP contribution is 1.98. The Morgan fingerprint density at radius 3 is 2.75 bits per heavy atom. The molecule has 0 aliphatic heterocycles. The van der Waals surface area contributed by atoms with E-state index in [0.29, 0.717) is 6.61 Å². The van der Waals surface area contributed by atoms with E-state index < -0.39 is 0 Å². The van der Waals surface area contributed by atoms with Gasteiger partial charge >= 0.3 is 0 Å². The van der Waals surface area contributed by atoms with Crippen LogP contribution >= 0.6 is 0 Å². The van der Waals surface area contributed by atoms with Crippen LogP contribution < -0.4 is 0 Å². The molecule has 0 amide bonds. The highest BCUT2D eigenvalue weighted by molar-refractivity contribution is 5.98. The lowest BCUT2D eigenvalue weighted by Gasteiger charge is -1.98. The maximum absolute atomic E-state index is 4.92. The SMILES string of the molecule is CCO/N=C(\C)c1ccncc1. The first-order chi connectivity index (χ1) is 5.84. The molecule has 0 fully saturated rings. The molecule has 0 atom stereocenters. The van der Waals surface area contributed by atoms with E-state index in [4.69, 9.17) is 4.84 Å². The Balaban J connectivity index is 2.71. The van der Waals surface area contributed by atoms with E-state index in [-0.39, 0.29) is 0 Å². The first-order valence-electron chi connectivity index (χ1n) is 3.91. The molecule has 0 saturated heterocycles. The molecule has 0 bridgehead atoms. The standard InChI is InChI=1S/C9H12N2O/c1-3-12-11-8(2)9-4-6-10-7-5-9/h4-7H,3H2,1-2H3/b11-8+. The summed E-state index contributed by atoms with van der Waals surface area (Å²) in [6.45, 7) is 4.41. The van der Waals surface area contributed by atoms with Crippen molar-refractivity contribution in [1.82, 2.24) is 4.98 Å². The molecular weight excluding hydrogens is 152 g/mol. The number of hydrogen-bond donors (Lipinski definition) is 0. The van der Waals surface area contributed by atoms with Crippen LogP contribution in [0.15, 0.2) is 29.7 Å². The van der Waals surface area contributed by atoms with Gasteiger partial charge in [-0.15, -0.1) is 0 Å². The highest BCUT2D eigenvalue weighted by Gasteiger charge is 1.94. The first-order valence-corrected chi connectivity index (χ1v) is 3.91. The van der Waals surface area contributed by atoms with E-state index in [0.717, 1.165) is 11.3 Å². The van der Waals surface area contributed by atoms with Gasteiger partial charge in [0.15, 0.2) is 0 Å². The van der Waals surface area contributed by atoms with Gasteiger partial charge in [-0.25, -0.2) is 0 Å². The molecule has 0 spiro atoms. The number of hydrogen-bond acceptors (Lipinski definition) is 3. The Morgan fingerprint density at radius 1 is 1.50 bits per heavy atom. The minimum absolute atomic E-state index is 0.600. The van der Waals surface area contributed by atoms with Crippen LogP contribution in [0.3, 0.4) is 0 Å². The van der Waals surface area contributed by atoms with E-state index in [1.54, 1.807) is 12.4 Å². The molecule has 0 aliphatic carbocycles. The zero-order valence-electron chi connectivity index (χ0n) is 7.32.